The van der Waals surface area contributed by atoms with Crippen LogP contribution in [0.2, 0.25) is 0 Å². The molecule has 0 saturated heterocycles. The lowest BCUT2D eigenvalue weighted by atomic mass is 10.2. The van der Waals surface area contributed by atoms with E-state index in [-0.39, 0.29) is 24.5 Å². The van der Waals surface area contributed by atoms with Crippen molar-refractivity contribution in [1.82, 2.24) is 5.32 Å². The summed E-state index contributed by atoms with van der Waals surface area (Å²) in [7, 11) is 1.48. The Morgan fingerprint density at radius 1 is 1.59 bits per heavy atom. The van der Waals surface area contributed by atoms with E-state index in [0.717, 1.165) is 0 Å². The van der Waals surface area contributed by atoms with E-state index in [9.17, 15) is 9.90 Å². The Morgan fingerprint density at radius 2 is 2.29 bits per heavy atom. The zero-order valence-corrected chi connectivity index (χ0v) is 10.9. The van der Waals surface area contributed by atoms with Gasteiger partial charge in [-0.2, -0.15) is 0 Å². The molecule has 94 valence electrons. The average molecular weight is 304 g/mol. The van der Waals surface area contributed by atoms with Gasteiger partial charge in [-0.1, -0.05) is 15.9 Å². The number of nitrogens with one attached hydrogen (secondary N) is 1. The molecular weight excluding hydrogens is 290 g/mol. The highest BCUT2D eigenvalue weighted by molar-refractivity contribution is 9.10. The number of phenols is 1. The molecule has 1 amide bonds. The number of phenolic OH excluding ortho intramolecular Hbond substituents is 1. The van der Waals surface area contributed by atoms with Crippen molar-refractivity contribution in [3.05, 3.63) is 28.2 Å². The highest BCUT2D eigenvalue weighted by Crippen LogP contribution is 2.21. The maximum absolute atomic E-state index is 11.8. The van der Waals surface area contributed by atoms with Crippen molar-refractivity contribution < 1.29 is 19.7 Å². The second-order valence-corrected chi connectivity index (χ2v) is 4.39. The minimum Gasteiger partial charge on any atom is -0.507 e. The van der Waals surface area contributed by atoms with E-state index in [1.54, 1.807) is 6.07 Å². The number of benzene rings is 1. The van der Waals surface area contributed by atoms with Gasteiger partial charge in [-0.25, -0.2) is 0 Å². The normalized spacial score (nSPS) is 12.2. The first-order chi connectivity index (χ1) is 8.08. The van der Waals surface area contributed by atoms with Crippen LogP contribution in [0.3, 0.4) is 0 Å². The number of aliphatic hydroxyl groups is 1. The molecule has 1 unspecified atom stereocenters. The molecule has 0 heterocycles. The van der Waals surface area contributed by atoms with Gasteiger partial charge in [0.2, 0.25) is 0 Å². The van der Waals surface area contributed by atoms with Gasteiger partial charge in [-0.05, 0) is 18.2 Å². The van der Waals surface area contributed by atoms with Gasteiger partial charge in [0.1, 0.15) is 5.75 Å². The molecule has 1 rings (SSSR count). The Morgan fingerprint density at radius 3 is 2.88 bits per heavy atom. The molecule has 3 N–H and O–H groups in total. The monoisotopic (exact) mass is 303 g/mol. The summed E-state index contributed by atoms with van der Waals surface area (Å²) in [5.41, 5.74) is 0.147. The van der Waals surface area contributed by atoms with Crippen LogP contribution in [-0.4, -0.2) is 42.5 Å². The van der Waals surface area contributed by atoms with E-state index in [0.29, 0.717) is 4.47 Å². The summed E-state index contributed by atoms with van der Waals surface area (Å²) in [4.78, 5) is 11.8. The van der Waals surface area contributed by atoms with Crippen LogP contribution in [0, 0.1) is 0 Å². The fraction of sp³-hybridized carbons (Fsp3) is 0.364. The highest BCUT2D eigenvalue weighted by atomic mass is 79.9. The Balaban J connectivity index is 2.78. The quantitative estimate of drug-likeness (QED) is 0.755. The molecule has 0 bridgehead atoms. The van der Waals surface area contributed by atoms with E-state index >= 15 is 0 Å². The SMILES string of the molecule is COCC(CO)NC(=O)c1cc(Br)ccc1O. The van der Waals surface area contributed by atoms with Crippen molar-refractivity contribution >= 4 is 21.8 Å². The van der Waals surface area contributed by atoms with Gasteiger partial charge in [0.05, 0.1) is 24.8 Å². The van der Waals surface area contributed by atoms with Crippen LogP contribution in [0.5, 0.6) is 5.75 Å². The molecule has 0 aliphatic heterocycles. The second kappa shape index (κ2) is 6.58. The third-order valence-electron chi connectivity index (χ3n) is 2.13. The number of carbonyl (C=O) groups is 1. The fourth-order valence-corrected chi connectivity index (χ4v) is 1.66. The van der Waals surface area contributed by atoms with Crippen molar-refractivity contribution in [2.75, 3.05) is 20.3 Å². The van der Waals surface area contributed by atoms with Crippen LogP contribution in [0.25, 0.3) is 0 Å². The first kappa shape index (κ1) is 14.0. The van der Waals surface area contributed by atoms with Gasteiger partial charge in [-0.15, -0.1) is 0 Å². The summed E-state index contributed by atoms with van der Waals surface area (Å²) in [6.45, 7) is -0.0225. The lowest BCUT2D eigenvalue weighted by Gasteiger charge is -2.15. The second-order valence-electron chi connectivity index (χ2n) is 3.47. The molecule has 6 heteroatoms. The molecule has 0 aromatic heterocycles. The number of amides is 1. The van der Waals surface area contributed by atoms with Gasteiger partial charge in [0.25, 0.3) is 5.91 Å². The fourth-order valence-electron chi connectivity index (χ4n) is 1.29. The number of hydrogen-bond acceptors (Lipinski definition) is 4. The summed E-state index contributed by atoms with van der Waals surface area (Å²) in [6, 6.07) is 4.06. The van der Waals surface area contributed by atoms with Crippen LogP contribution in [-0.2, 0) is 4.74 Å². The standard InChI is InChI=1S/C11H14BrNO4/c1-17-6-8(5-14)13-11(16)9-4-7(12)2-3-10(9)15/h2-4,8,14-15H,5-6H2,1H3,(H,13,16). The van der Waals surface area contributed by atoms with Crippen LogP contribution in [0.4, 0.5) is 0 Å². The van der Waals surface area contributed by atoms with E-state index in [1.165, 1.54) is 19.2 Å². The first-order valence-corrected chi connectivity index (χ1v) is 5.77. The summed E-state index contributed by atoms with van der Waals surface area (Å²) in [5, 5.41) is 21.1. The van der Waals surface area contributed by atoms with Gasteiger partial charge in [0.15, 0.2) is 0 Å². The topological polar surface area (TPSA) is 78.8 Å². The number of aromatic hydroxyl groups is 1. The van der Waals surface area contributed by atoms with Crippen LogP contribution in [0.15, 0.2) is 22.7 Å². The van der Waals surface area contributed by atoms with Gasteiger partial charge in [-0.3, -0.25) is 4.79 Å². The van der Waals surface area contributed by atoms with Gasteiger partial charge < -0.3 is 20.3 Å². The first-order valence-electron chi connectivity index (χ1n) is 4.97. The van der Waals surface area contributed by atoms with Crippen LogP contribution < -0.4 is 5.32 Å². The van der Waals surface area contributed by atoms with Gasteiger partial charge in [0, 0.05) is 11.6 Å². The largest absolute Gasteiger partial charge is 0.507 e. The molecule has 0 radical (unpaired) electrons. The minimum absolute atomic E-state index is 0.111. The van der Waals surface area contributed by atoms with Crippen molar-refractivity contribution in [2.24, 2.45) is 0 Å². The van der Waals surface area contributed by atoms with Crippen molar-refractivity contribution in [1.29, 1.82) is 0 Å². The number of aliphatic hydroxyl groups excluding tert-OH is 1. The summed E-state index contributed by atoms with van der Waals surface area (Å²) in [6.07, 6.45) is 0. The predicted molar refractivity (Wildman–Crippen MR) is 66.0 cm³/mol. The minimum atomic E-state index is -0.495. The Kier molecular flexibility index (Phi) is 5.40. The van der Waals surface area contributed by atoms with Crippen molar-refractivity contribution in [2.45, 2.75) is 6.04 Å². The summed E-state index contributed by atoms with van der Waals surface area (Å²) < 4.78 is 5.53. The zero-order valence-electron chi connectivity index (χ0n) is 9.31. The number of ether oxygens (including phenoxy) is 1. The summed E-state index contributed by atoms with van der Waals surface area (Å²) in [5.74, 6) is -0.570. The number of halogens is 1. The number of methoxy groups -OCH3 is 1. The molecule has 0 aliphatic carbocycles. The van der Waals surface area contributed by atoms with Crippen molar-refractivity contribution in [3.63, 3.8) is 0 Å². The maximum atomic E-state index is 11.8. The lowest BCUT2D eigenvalue weighted by molar-refractivity contribution is 0.0837. The Bertz CT molecular complexity index is 397. The van der Waals surface area contributed by atoms with E-state index in [4.69, 9.17) is 9.84 Å². The van der Waals surface area contributed by atoms with Gasteiger partial charge >= 0.3 is 0 Å². The van der Waals surface area contributed by atoms with E-state index < -0.39 is 11.9 Å². The molecule has 1 atom stereocenters. The van der Waals surface area contributed by atoms with E-state index in [2.05, 4.69) is 21.2 Å². The molecular formula is C11H14BrNO4. The van der Waals surface area contributed by atoms with Crippen LogP contribution in [0.1, 0.15) is 10.4 Å². The Labute approximate surface area is 108 Å². The third kappa shape index (κ3) is 3.99. The molecule has 1 aromatic carbocycles. The lowest BCUT2D eigenvalue weighted by Crippen LogP contribution is -2.40. The molecule has 0 saturated carbocycles. The molecule has 17 heavy (non-hydrogen) atoms. The van der Waals surface area contributed by atoms with E-state index in [1.807, 2.05) is 0 Å². The maximum Gasteiger partial charge on any atom is 0.255 e. The van der Waals surface area contributed by atoms with Crippen molar-refractivity contribution in [3.8, 4) is 5.75 Å². The van der Waals surface area contributed by atoms with Crippen LogP contribution >= 0.6 is 15.9 Å². The molecule has 5 nitrogen and oxygen atoms in total. The number of rotatable bonds is 5. The zero-order chi connectivity index (χ0) is 12.8. The molecule has 0 spiro atoms. The Hall–Kier alpha value is -1.11. The molecule has 1 aromatic rings. The summed E-state index contributed by atoms with van der Waals surface area (Å²) >= 11 is 3.21. The highest BCUT2D eigenvalue weighted by Gasteiger charge is 2.16. The average Bonchev–Trinajstić information content (AvgIpc) is 2.31. The predicted octanol–water partition coefficient (Wildman–Crippen LogP) is 0.892. The number of carbonyl (C=O) groups excluding carboxylic acids is 1. The molecule has 0 fully saturated rings. The number of hydrogen-bond donors (Lipinski definition) is 3. The smallest absolute Gasteiger partial charge is 0.255 e. The molecule has 0 aliphatic rings. The third-order valence-corrected chi connectivity index (χ3v) is 2.62.